The summed E-state index contributed by atoms with van der Waals surface area (Å²) in [7, 11) is 0. The first-order valence-electron chi connectivity index (χ1n) is 13.9. The molecule has 2 aromatic rings. The summed E-state index contributed by atoms with van der Waals surface area (Å²) in [6.45, 7) is 22.8. The van der Waals surface area contributed by atoms with E-state index in [4.69, 9.17) is 0 Å². The molecule has 2 heteroatoms. The second-order valence-corrected chi connectivity index (χ2v) is 9.81. The molecule has 0 heterocycles. The summed E-state index contributed by atoms with van der Waals surface area (Å²) in [5.41, 5.74) is 2.98. The lowest BCUT2D eigenvalue weighted by atomic mass is 10.1. The smallest absolute Gasteiger partial charge is 0.132 e. The summed E-state index contributed by atoms with van der Waals surface area (Å²) in [5.74, 6) is 0. The number of quaternary nitrogens is 2. The Morgan fingerprint density at radius 1 is 0.455 bits per heavy atom. The van der Waals surface area contributed by atoms with E-state index in [1.165, 1.54) is 105 Å². The first kappa shape index (κ1) is 29.4. The van der Waals surface area contributed by atoms with E-state index in [0.717, 1.165) is 0 Å². The molecule has 0 saturated heterocycles. The minimum atomic E-state index is 1.17. The summed E-state index contributed by atoms with van der Waals surface area (Å²) in [6.07, 6.45) is 7.63. The van der Waals surface area contributed by atoms with E-state index in [1.807, 2.05) is 0 Å². The third-order valence-corrected chi connectivity index (χ3v) is 6.71. The average Bonchev–Trinajstić information content (AvgIpc) is 2.82. The molecule has 0 saturated carbocycles. The summed E-state index contributed by atoms with van der Waals surface area (Å²) >= 11 is 0. The molecule has 0 radical (unpaired) electrons. The first-order chi connectivity index (χ1) is 16.0. The predicted octanol–water partition coefficient (Wildman–Crippen LogP) is 8.46. The van der Waals surface area contributed by atoms with Crippen molar-refractivity contribution in [3.63, 3.8) is 0 Å². The molecule has 0 aromatic heterocycles. The molecule has 0 fully saturated rings. The van der Waals surface area contributed by atoms with Crippen molar-refractivity contribution in [2.75, 3.05) is 39.3 Å². The molecule has 0 aliphatic heterocycles. The van der Waals surface area contributed by atoms with Crippen LogP contribution in [0.2, 0.25) is 0 Å². The molecule has 2 rings (SSSR count). The van der Waals surface area contributed by atoms with Crippen LogP contribution in [0.4, 0.5) is 5.69 Å². The number of para-hydroxylation sites is 1. The van der Waals surface area contributed by atoms with Gasteiger partial charge in [0.1, 0.15) is 12.2 Å². The van der Waals surface area contributed by atoms with E-state index >= 15 is 0 Å². The highest BCUT2D eigenvalue weighted by molar-refractivity contribution is 5.42. The SMILES string of the molecule is CCC[N+](CCC)(CCC)Cc1ccccc1.CCC[N+](CCC)(CCC)c1ccccc1. The van der Waals surface area contributed by atoms with Gasteiger partial charge in [0.15, 0.2) is 0 Å². The van der Waals surface area contributed by atoms with Gasteiger partial charge < -0.3 is 4.48 Å². The molecular formula is C31H54N2+2. The van der Waals surface area contributed by atoms with Crippen molar-refractivity contribution in [3.05, 3.63) is 66.2 Å². The van der Waals surface area contributed by atoms with Crippen molar-refractivity contribution in [3.8, 4) is 0 Å². The van der Waals surface area contributed by atoms with Crippen LogP contribution in [0.15, 0.2) is 60.7 Å². The molecule has 0 amide bonds. The average molecular weight is 455 g/mol. The predicted molar refractivity (Wildman–Crippen MR) is 150 cm³/mol. The molecule has 2 aromatic carbocycles. The number of hydrogen-bond acceptors (Lipinski definition) is 0. The lowest BCUT2D eigenvalue weighted by Gasteiger charge is -2.38. The summed E-state index contributed by atoms with van der Waals surface area (Å²) in [5, 5.41) is 0. The summed E-state index contributed by atoms with van der Waals surface area (Å²) < 4.78 is 2.44. The van der Waals surface area contributed by atoms with Gasteiger partial charge in [-0.15, -0.1) is 0 Å². The standard InChI is InChI=1S/C16H28N.C15H26N/c1-4-12-17(13-5-2,14-6-3)15-16-10-8-7-9-11-16;1-4-12-16(13-5-2,14-6-3)15-10-8-7-9-11-15/h7-11H,4-6,12-15H2,1-3H3;7-11H,4-6,12-14H2,1-3H3/q2*+1. The molecule has 0 aliphatic rings. The molecule has 186 valence electrons. The Morgan fingerprint density at radius 3 is 1.18 bits per heavy atom. The van der Waals surface area contributed by atoms with Crippen LogP contribution in [0.1, 0.15) is 85.6 Å². The lowest BCUT2D eigenvalue weighted by molar-refractivity contribution is -0.941. The van der Waals surface area contributed by atoms with Crippen LogP contribution in [-0.4, -0.2) is 43.8 Å². The molecule has 0 bridgehead atoms. The van der Waals surface area contributed by atoms with Gasteiger partial charge >= 0.3 is 0 Å². The van der Waals surface area contributed by atoms with Crippen LogP contribution in [0.5, 0.6) is 0 Å². The summed E-state index contributed by atoms with van der Waals surface area (Å²) in [6, 6.07) is 22.0. The van der Waals surface area contributed by atoms with Gasteiger partial charge in [0.2, 0.25) is 0 Å². The summed E-state index contributed by atoms with van der Waals surface area (Å²) in [4.78, 5) is 0. The Bertz CT molecular complexity index is 661. The molecule has 33 heavy (non-hydrogen) atoms. The van der Waals surface area contributed by atoms with Gasteiger partial charge in [0.05, 0.1) is 39.3 Å². The van der Waals surface area contributed by atoms with Crippen molar-refractivity contribution in [2.45, 2.75) is 86.6 Å². The van der Waals surface area contributed by atoms with Gasteiger partial charge in [-0.1, -0.05) is 90.1 Å². The van der Waals surface area contributed by atoms with Gasteiger partial charge in [-0.05, 0) is 50.7 Å². The highest BCUT2D eigenvalue weighted by Gasteiger charge is 2.27. The minimum absolute atomic E-state index is 1.17. The monoisotopic (exact) mass is 454 g/mol. The number of benzene rings is 2. The Morgan fingerprint density at radius 2 is 0.818 bits per heavy atom. The minimum Gasteiger partial charge on any atom is -0.320 e. The van der Waals surface area contributed by atoms with Crippen molar-refractivity contribution in [2.24, 2.45) is 0 Å². The Kier molecular flexibility index (Phi) is 15.0. The zero-order valence-corrected chi connectivity index (χ0v) is 22.9. The Hall–Kier alpha value is -1.64. The van der Waals surface area contributed by atoms with Gasteiger partial charge in [-0.25, -0.2) is 0 Å². The quantitative estimate of drug-likeness (QED) is 0.237. The van der Waals surface area contributed by atoms with Crippen molar-refractivity contribution < 1.29 is 4.48 Å². The van der Waals surface area contributed by atoms with E-state index in [9.17, 15) is 0 Å². The maximum absolute atomic E-state index is 2.31. The van der Waals surface area contributed by atoms with Crippen LogP contribution in [0.25, 0.3) is 0 Å². The fraction of sp³-hybridized carbons (Fsp3) is 0.613. The number of hydrogen-bond donors (Lipinski definition) is 0. The highest BCUT2D eigenvalue weighted by atomic mass is 15.4. The maximum atomic E-state index is 2.31. The van der Waals surface area contributed by atoms with E-state index in [2.05, 4.69) is 102 Å². The molecule has 2 nitrogen and oxygen atoms in total. The Balaban J connectivity index is 0.000000331. The van der Waals surface area contributed by atoms with Gasteiger partial charge in [-0.3, -0.25) is 4.48 Å². The highest BCUT2D eigenvalue weighted by Crippen LogP contribution is 2.24. The van der Waals surface area contributed by atoms with E-state index in [0.29, 0.717) is 0 Å². The third kappa shape index (κ3) is 10.0. The van der Waals surface area contributed by atoms with Crippen LogP contribution in [0, 0.1) is 0 Å². The van der Waals surface area contributed by atoms with Crippen LogP contribution in [-0.2, 0) is 6.54 Å². The van der Waals surface area contributed by atoms with Gasteiger partial charge in [-0.2, -0.15) is 0 Å². The third-order valence-electron chi connectivity index (χ3n) is 6.71. The number of nitrogens with zero attached hydrogens (tertiary/aromatic N) is 2. The van der Waals surface area contributed by atoms with Gasteiger partial charge in [0, 0.05) is 5.56 Å². The normalized spacial score (nSPS) is 11.7. The fourth-order valence-electron chi connectivity index (χ4n) is 5.72. The van der Waals surface area contributed by atoms with Gasteiger partial charge in [0.25, 0.3) is 0 Å². The zero-order chi connectivity index (χ0) is 24.4. The van der Waals surface area contributed by atoms with Crippen molar-refractivity contribution in [1.82, 2.24) is 4.48 Å². The second kappa shape index (κ2) is 16.9. The van der Waals surface area contributed by atoms with Crippen molar-refractivity contribution in [1.29, 1.82) is 0 Å². The number of rotatable bonds is 15. The molecule has 0 aliphatic carbocycles. The topological polar surface area (TPSA) is 0 Å². The molecule has 0 spiro atoms. The van der Waals surface area contributed by atoms with Crippen LogP contribution in [0.3, 0.4) is 0 Å². The molecule has 0 atom stereocenters. The maximum Gasteiger partial charge on any atom is 0.132 e. The molecule has 0 N–H and O–H groups in total. The van der Waals surface area contributed by atoms with E-state index in [1.54, 1.807) is 0 Å². The Labute approximate surface area is 206 Å². The lowest BCUT2D eigenvalue weighted by Crippen LogP contribution is -2.51. The fourth-order valence-corrected chi connectivity index (χ4v) is 5.72. The van der Waals surface area contributed by atoms with Crippen LogP contribution >= 0.6 is 0 Å². The molecular weight excluding hydrogens is 400 g/mol. The largest absolute Gasteiger partial charge is 0.320 e. The van der Waals surface area contributed by atoms with E-state index in [-0.39, 0.29) is 0 Å². The second-order valence-electron chi connectivity index (χ2n) is 9.81. The van der Waals surface area contributed by atoms with E-state index < -0.39 is 0 Å². The van der Waals surface area contributed by atoms with Crippen molar-refractivity contribution >= 4 is 5.69 Å². The molecule has 0 unspecified atom stereocenters. The first-order valence-corrected chi connectivity index (χ1v) is 13.9. The zero-order valence-electron chi connectivity index (χ0n) is 22.9. The van der Waals surface area contributed by atoms with Crippen LogP contribution < -0.4 is 4.48 Å².